The normalized spacial score (nSPS) is 23.2. The molecule has 3 nitrogen and oxygen atoms in total. The van der Waals surface area contributed by atoms with Crippen molar-refractivity contribution in [2.75, 3.05) is 32.7 Å². The number of carbonyl (C=O) groups excluding carboxylic acids is 1. The van der Waals surface area contributed by atoms with E-state index in [1.165, 1.54) is 32.5 Å². The standard InChI is InChI=1S/C11H20N2O.C2H4/c1-3-12-8-11(9-12)4-6-13(7-5-11)10(2)14;1-2/h3-9H2,1-2H3;1-2H2. The van der Waals surface area contributed by atoms with Gasteiger partial charge >= 0.3 is 0 Å². The summed E-state index contributed by atoms with van der Waals surface area (Å²) in [6.45, 7) is 15.6. The predicted molar refractivity (Wildman–Crippen MR) is 67.3 cm³/mol. The first-order valence-electron chi connectivity index (χ1n) is 6.13. The van der Waals surface area contributed by atoms with E-state index in [1.807, 2.05) is 4.90 Å². The Morgan fingerprint density at radius 2 is 1.75 bits per heavy atom. The molecule has 92 valence electrons. The average Bonchev–Trinajstić information content (AvgIpc) is 2.28. The van der Waals surface area contributed by atoms with Gasteiger partial charge in [-0.15, -0.1) is 13.2 Å². The van der Waals surface area contributed by atoms with Gasteiger partial charge in [-0.1, -0.05) is 6.92 Å². The van der Waals surface area contributed by atoms with Gasteiger partial charge in [0.15, 0.2) is 0 Å². The van der Waals surface area contributed by atoms with Crippen molar-refractivity contribution < 1.29 is 4.79 Å². The van der Waals surface area contributed by atoms with Crippen molar-refractivity contribution in [3.8, 4) is 0 Å². The number of carbonyl (C=O) groups is 1. The summed E-state index contributed by atoms with van der Waals surface area (Å²) in [5.41, 5.74) is 0.571. The van der Waals surface area contributed by atoms with Gasteiger partial charge in [0, 0.05) is 33.1 Å². The number of rotatable bonds is 1. The molecule has 2 saturated heterocycles. The zero-order chi connectivity index (χ0) is 12.2. The molecule has 0 unspecified atom stereocenters. The highest BCUT2D eigenvalue weighted by Crippen LogP contribution is 2.39. The average molecular weight is 224 g/mol. The van der Waals surface area contributed by atoms with Crippen LogP contribution in [0.2, 0.25) is 0 Å². The Kier molecular flexibility index (Phi) is 4.54. The molecule has 2 rings (SSSR count). The maximum atomic E-state index is 11.2. The largest absolute Gasteiger partial charge is 0.343 e. The summed E-state index contributed by atoms with van der Waals surface area (Å²) in [7, 11) is 0. The molecule has 0 radical (unpaired) electrons. The Labute approximate surface area is 99.1 Å². The van der Waals surface area contributed by atoms with Crippen LogP contribution in [0, 0.1) is 5.41 Å². The minimum Gasteiger partial charge on any atom is -0.343 e. The molecule has 0 aliphatic carbocycles. The van der Waals surface area contributed by atoms with Gasteiger partial charge in [0.1, 0.15) is 0 Å². The third-order valence-corrected chi connectivity index (χ3v) is 3.83. The maximum Gasteiger partial charge on any atom is 0.219 e. The molecule has 0 aromatic rings. The van der Waals surface area contributed by atoms with Gasteiger partial charge in [-0.25, -0.2) is 0 Å². The fourth-order valence-electron chi connectivity index (χ4n) is 2.74. The van der Waals surface area contributed by atoms with E-state index >= 15 is 0 Å². The Balaban J connectivity index is 0.000000606. The second-order valence-corrected chi connectivity index (χ2v) is 4.81. The summed E-state index contributed by atoms with van der Waals surface area (Å²) in [6, 6.07) is 0. The van der Waals surface area contributed by atoms with Crippen molar-refractivity contribution in [3.63, 3.8) is 0 Å². The van der Waals surface area contributed by atoms with Crippen LogP contribution in [0.4, 0.5) is 0 Å². The van der Waals surface area contributed by atoms with E-state index in [1.54, 1.807) is 6.92 Å². The molecule has 0 aromatic carbocycles. The summed E-state index contributed by atoms with van der Waals surface area (Å²) in [5.74, 6) is 0.242. The van der Waals surface area contributed by atoms with Crippen LogP contribution in [0.1, 0.15) is 26.7 Å². The molecular formula is C13H24N2O. The molecule has 2 aliphatic rings. The first-order chi connectivity index (χ1) is 7.65. The van der Waals surface area contributed by atoms with Crippen molar-refractivity contribution >= 4 is 5.91 Å². The minimum absolute atomic E-state index is 0.242. The molecule has 0 saturated carbocycles. The zero-order valence-corrected chi connectivity index (χ0v) is 10.7. The maximum absolute atomic E-state index is 11.2. The SMILES string of the molecule is C=C.CCN1CC2(CCN(C(C)=O)CC2)C1. The van der Waals surface area contributed by atoms with Gasteiger partial charge < -0.3 is 9.80 Å². The van der Waals surface area contributed by atoms with Crippen LogP contribution < -0.4 is 0 Å². The lowest BCUT2D eigenvalue weighted by Gasteiger charge is -2.53. The fraction of sp³-hybridized carbons (Fsp3) is 0.769. The van der Waals surface area contributed by atoms with Crippen molar-refractivity contribution in [1.82, 2.24) is 9.80 Å². The Morgan fingerprint density at radius 1 is 1.25 bits per heavy atom. The molecule has 0 bridgehead atoms. The van der Waals surface area contributed by atoms with E-state index in [0.29, 0.717) is 5.41 Å². The molecule has 0 aromatic heterocycles. The fourth-order valence-corrected chi connectivity index (χ4v) is 2.74. The molecule has 0 N–H and O–H groups in total. The highest BCUT2D eigenvalue weighted by Gasteiger charge is 2.44. The number of likely N-dealkylation sites (tertiary alicyclic amines) is 2. The molecule has 16 heavy (non-hydrogen) atoms. The van der Waals surface area contributed by atoms with Gasteiger partial charge in [0.2, 0.25) is 5.91 Å². The second-order valence-electron chi connectivity index (χ2n) is 4.81. The lowest BCUT2D eigenvalue weighted by atomic mass is 9.72. The lowest BCUT2D eigenvalue weighted by molar-refractivity contribution is -0.133. The molecule has 1 amide bonds. The third-order valence-electron chi connectivity index (χ3n) is 3.83. The second kappa shape index (κ2) is 5.48. The Bertz CT molecular complexity index is 236. The first kappa shape index (κ1) is 13.2. The van der Waals surface area contributed by atoms with Crippen molar-refractivity contribution in [1.29, 1.82) is 0 Å². The van der Waals surface area contributed by atoms with Gasteiger partial charge in [-0.05, 0) is 24.8 Å². The van der Waals surface area contributed by atoms with Crippen LogP contribution in [-0.4, -0.2) is 48.4 Å². The minimum atomic E-state index is 0.242. The van der Waals surface area contributed by atoms with Crippen molar-refractivity contribution in [3.05, 3.63) is 13.2 Å². The van der Waals surface area contributed by atoms with Gasteiger partial charge in [0.25, 0.3) is 0 Å². The summed E-state index contributed by atoms with van der Waals surface area (Å²) < 4.78 is 0. The van der Waals surface area contributed by atoms with E-state index in [4.69, 9.17) is 0 Å². The van der Waals surface area contributed by atoms with E-state index < -0.39 is 0 Å². The van der Waals surface area contributed by atoms with Crippen molar-refractivity contribution in [2.24, 2.45) is 5.41 Å². The van der Waals surface area contributed by atoms with Crippen LogP contribution >= 0.6 is 0 Å². The summed E-state index contributed by atoms with van der Waals surface area (Å²) in [5, 5.41) is 0. The van der Waals surface area contributed by atoms with Crippen LogP contribution in [0.25, 0.3) is 0 Å². The number of nitrogens with zero attached hydrogens (tertiary/aromatic N) is 2. The molecule has 1 spiro atoms. The van der Waals surface area contributed by atoms with Gasteiger partial charge in [0.05, 0.1) is 0 Å². The highest BCUT2D eigenvalue weighted by molar-refractivity contribution is 5.73. The number of hydrogen-bond donors (Lipinski definition) is 0. The van der Waals surface area contributed by atoms with Crippen LogP contribution in [0.3, 0.4) is 0 Å². The predicted octanol–water partition coefficient (Wildman–Crippen LogP) is 1.75. The van der Waals surface area contributed by atoms with Crippen LogP contribution in [0.15, 0.2) is 13.2 Å². The van der Waals surface area contributed by atoms with Crippen LogP contribution in [-0.2, 0) is 4.79 Å². The third kappa shape index (κ3) is 2.64. The molecule has 2 fully saturated rings. The lowest BCUT2D eigenvalue weighted by Crippen LogP contribution is -2.60. The number of amides is 1. The summed E-state index contributed by atoms with van der Waals surface area (Å²) in [4.78, 5) is 15.6. The Morgan fingerprint density at radius 3 is 2.12 bits per heavy atom. The quantitative estimate of drug-likeness (QED) is 0.634. The number of piperidine rings is 1. The topological polar surface area (TPSA) is 23.6 Å². The summed E-state index contributed by atoms with van der Waals surface area (Å²) in [6.07, 6.45) is 2.42. The molecule has 2 aliphatic heterocycles. The first-order valence-corrected chi connectivity index (χ1v) is 6.13. The Hall–Kier alpha value is -0.830. The highest BCUT2D eigenvalue weighted by atomic mass is 16.2. The number of hydrogen-bond acceptors (Lipinski definition) is 2. The van der Waals surface area contributed by atoms with E-state index in [0.717, 1.165) is 13.1 Å². The van der Waals surface area contributed by atoms with Crippen molar-refractivity contribution in [2.45, 2.75) is 26.7 Å². The zero-order valence-electron chi connectivity index (χ0n) is 10.7. The molecule has 2 heterocycles. The van der Waals surface area contributed by atoms with E-state index in [2.05, 4.69) is 25.0 Å². The van der Waals surface area contributed by atoms with Crippen LogP contribution in [0.5, 0.6) is 0 Å². The molecule has 3 heteroatoms. The monoisotopic (exact) mass is 224 g/mol. The van der Waals surface area contributed by atoms with Gasteiger partial charge in [-0.2, -0.15) is 0 Å². The van der Waals surface area contributed by atoms with E-state index in [9.17, 15) is 4.79 Å². The molecular weight excluding hydrogens is 200 g/mol. The van der Waals surface area contributed by atoms with Gasteiger partial charge in [-0.3, -0.25) is 4.79 Å². The summed E-state index contributed by atoms with van der Waals surface area (Å²) >= 11 is 0. The van der Waals surface area contributed by atoms with E-state index in [-0.39, 0.29) is 5.91 Å². The molecule has 0 atom stereocenters. The smallest absolute Gasteiger partial charge is 0.219 e.